The summed E-state index contributed by atoms with van der Waals surface area (Å²) in [5.74, 6) is 0.185. The Hall–Kier alpha value is -1.74. The lowest BCUT2D eigenvalue weighted by Gasteiger charge is -2.43. The molecule has 1 aliphatic carbocycles. The van der Waals surface area contributed by atoms with Crippen LogP contribution in [0, 0.1) is 0 Å². The van der Waals surface area contributed by atoms with Gasteiger partial charge in [0.15, 0.2) is 0 Å². The predicted molar refractivity (Wildman–Crippen MR) is 89.9 cm³/mol. The minimum atomic E-state index is -0.131. The largest absolute Gasteiger partial charge is 0.346 e. The first-order valence-corrected chi connectivity index (χ1v) is 8.77. The van der Waals surface area contributed by atoms with Crippen molar-refractivity contribution in [1.29, 1.82) is 0 Å². The number of nitrogens with one attached hydrogen (secondary N) is 1. The average Bonchev–Trinajstić information content (AvgIpc) is 2.96. The summed E-state index contributed by atoms with van der Waals surface area (Å²) in [7, 11) is 0. The lowest BCUT2D eigenvalue weighted by molar-refractivity contribution is -0.123. The minimum absolute atomic E-state index is 0.0126. The summed E-state index contributed by atoms with van der Waals surface area (Å²) in [6, 6.07) is 18.8. The SMILES string of the molecule is O=C(NC1(c2ccccc2)CCC1)C1Cc2ccccc2S1. The van der Waals surface area contributed by atoms with Crippen LogP contribution in [0.3, 0.4) is 0 Å². The summed E-state index contributed by atoms with van der Waals surface area (Å²) in [6.45, 7) is 0. The molecule has 0 bridgehead atoms. The Balaban J connectivity index is 1.51. The van der Waals surface area contributed by atoms with Crippen molar-refractivity contribution in [2.45, 2.75) is 41.4 Å². The van der Waals surface area contributed by atoms with E-state index in [1.165, 1.54) is 22.4 Å². The second kappa shape index (κ2) is 5.47. The minimum Gasteiger partial charge on any atom is -0.346 e. The van der Waals surface area contributed by atoms with Crippen molar-refractivity contribution in [1.82, 2.24) is 5.32 Å². The van der Waals surface area contributed by atoms with Gasteiger partial charge in [-0.2, -0.15) is 0 Å². The molecular weight excluding hydrogens is 290 g/mol. The fourth-order valence-electron chi connectivity index (χ4n) is 3.42. The maximum absolute atomic E-state index is 12.8. The van der Waals surface area contributed by atoms with Crippen molar-refractivity contribution < 1.29 is 4.79 Å². The van der Waals surface area contributed by atoms with Gasteiger partial charge in [-0.25, -0.2) is 0 Å². The van der Waals surface area contributed by atoms with Crippen LogP contribution in [0.4, 0.5) is 0 Å². The Morgan fingerprint density at radius 1 is 1.05 bits per heavy atom. The Labute approximate surface area is 135 Å². The third-order valence-corrected chi connectivity index (χ3v) is 6.15. The molecule has 2 aliphatic rings. The van der Waals surface area contributed by atoms with Crippen LogP contribution in [0.5, 0.6) is 0 Å². The second-order valence-electron chi connectivity index (χ2n) is 6.21. The Kier molecular flexibility index (Phi) is 3.45. The van der Waals surface area contributed by atoms with Crippen LogP contribution in [0.25, 0.3) is 0 Å². The number of rotatable bonds is 3. The number of hydrogen-bond donors (Lipinski definition) is 1. The lowest BCUT2D eigenvalue weighted by Crippen LogP contribution is -2.53. The third kappa shape index (κ3) is 2.34. The van der Waals surface area contributed by atoms with Crippen molar-refractivity contribution in [3.05, 3.63) is 65.7 Å². The molecule has 0 aromatic heterocycles. The maximum atomic E-state index is 12.8. The van der Waals surface area contributed by atoms with Crippen LogP contribution in [0.15, 0.2) is 59.5 Å². The quantitative estimate of drug-likeness (QED) is 0.931. The number of amides is 1. The van der Waals surface area contributed by atoms with Crippen LogP contribution in [-0.2, 0) is 16.8 Å². The molecule has 2 aromatic carbocycles. The molecule has 3 heteroatoms. The number of carbonyl (C=O) groups is 1. The molecule has 0 spiro atoms. The number of carbonyl (C=O) groups excluding carboxylic acids is 1. The van der Waals surface area contributed by atoms with E-state index < -0.39 is 0 Å². The summed E-state index contributed by atoms with van der Waals surface area (Å²) in [5.41, 5.74) is 2.42. The molecule has 1 amide bonds. The van der Waals surface area contributed by atoms with E-state index >= 15 is 0 Å². The summed E-state index contributed by atoms with van der Waals surface area (Å²) in [5, 5.41) is 3.38. The molecule has 2 nitrogen and oxygen atoms in total. The summed E-state index contributed by atoms with van der Waals surface area (Å²) >= 11 is 1.70. The molecule has 0 radical (unpaired) electrons. The van der Waals surface area contributed by atoms with Gasteiger partial charge in [0, 0.05) is 4.90 Å². The maximum Gasteiger partial charge on any atom is 0.234 e. The molecule has 2 aromatic rings. The molecular formula is C19H19NOS. The molecule has 0 saturated heterocycles. The molecule has 4 rings (SSSR count). The van der Waals surface area contributed by atoms with Crippen molar-refractivity contribution in [2.75, 3.05) is 0 Å². The van der Waals surface area contributed by atoms with E-state index in [0.717, 1.165) is 19.3 Å². The van der Waals surface area contributed by atoms with Gasteiger partial charge in [0.2, 0.25) is 5.91 Å². The first-order chi connectivity index (χ1) is 10.8. The topological polar surface area (TPSA) is 29.1 Å². The van der Waals surface area contributed by atoms with Crippen LogP contribution < -0.4 is 5.32 Å². The van der Waals surface area contributed by atoms with Gasteiger partial charge in [-0.3, -0.25) is 4.79 Å². The third-order valence-electron chi connectivity index (χ3n) is 4.84. The Bertz CT molecular complexity index is 669. The molecule has 22 heavy (non-hydrogen) atoms. The van der Waals surface area contributed by atoms with Crippen molar-refractivity contribution in [2.24, 2.45) is 0 Å². The highest BCUT2D eigenvalue weighted by molar-refractivity contribution is 8.01. The van der Waals surface area contributed by atoms with E-state index in [1.54, 1.807) is 11.8 Å². The molecule has 1 heterocycles. The van der Waals surface area contributed by atoms with Gasteiger partial charge in [0.05, 0.1) is 10.8 Å². The first kappa shape index (κ1) is 13.9. The summed E-state index contributed by atoms with van der Waals surface area (Å²) in [6.07, 6.45) is 4.13. The van der Waals surface area contributed by atoms with Gasteiger partial charge >= 0.3 is 0 Å². The van der Waals surface area contributed by atoms with E-state index in [1.807, 2.05) is 12.1 Å². The Morgan fingerprint density at radius 2 is 1.77 bits per heavy atom. The first-order valence-electron chi connectivity index (χ1n) is 7.89. The van der Waals surface area contributed by atoms with Gasteiger partial charge in [0.25, 0.3) is 0 Å². The van der Waals surface area contributed by atoms with E-state index in [9.17, 15) is 4.79 Å². The van der Waals surface area contributed by atoms with Crippen LogP contribution in [0.1, 0.15) is 30.4 Å². The number of hydrogen-bond acceptors (Lipinski definition) is 2. The van der Waals surface area contributed by atoms with Crippen molar-refractivity contribution in [3.63, 3.8) is 0 Å². The van der Waals surface area contributed by atoms with Crippen molar-refractivity contribution >= 4 is 17.7 Å². The highest BCUT2D eigenvalue weighted by Gasteiger charge is 2.42. The van der Waals surface area contributed by atoms with E-state index in [4.69, 9.17) is 0 Å². The zero-order valence-electron chi connectivity index (χ0n) is 12.4. The fraction of sp³-hybridized carbons (Fsp3) is 0.316. The fourth-order valence-corrected chi connectivity index (χ4v) is 4.61. The van der Waals surface area contributed by atoms with Crippen molar-refractivity contribution in [3.8, 4) is 0 Å². The van der Waals surface area contributed by atoms with E-state index in [-0.39, 0.29) is 16.7 Å². The van der Waals surface area contributed by atoms with Crippen LogP contribution >= 0.6 is 11.8 Å². The average molecular weight is 309 g/mol. The normalized spacial score (nSPS) is 21.7. The zero-order chi connectivity index (χ0) is 15.0. The summed E-state index contributed by atoms with van der Waals surface area (Å²) < 4.78 is 0. The van der Waals surface area contributed by atoms with Gasteiger partial charge in [-0.1, -0.05) is 48.5 Å². The van der Waals surface area contributed by atoms with E-state index in [0.29, 0.717) is 0 Å². The zero-order valence-corrected chi connectivity index (χ0v) is 13.2. The van der Waals surface area contributed by atoms with Crippen LogP contribution in [-0.4, -0.2) is 11.2 Å². The number of benzene rings is 2. The molecule has 1 aliphatic heterocycles. The smallest absolute Gasteiger partial charge is 0.234 e. The van der Waals surface area contributed by atoms with Gasteiger partial charge in [-0.05, 0) is 42.9 Å². The monoisotopic (exact) mass is 309 g/mol. The Morgan fingerprint density at radius 3 is 2.45 bits per heavy atom. The highest BCUT2D eigenvalue weighted by atomic mass is 32.2. The molecule has 1 saturated carbocycles. The second-order valence-corrected chi connectivity index (χ2v) is 7.45. The number of fused-ring (bicyclic) bond motifs is 1. The molecule has 1 atom stereocenters. The van der Waals surface area contributed by atoms with Gasteiger partial charge < -0.3 is 5.32 Å². The van der Waals surface area contributed by atoms with Gasteiger partial charge in [-0.15, -0.1) is 11.8 Å². The lowest BCUT2D eigenvalue weighted by atomic mass is 9.71. The molecule has 112 valence electrons. The standard InChI is InChI=1S/C19H19NOS/c21-18(17-13-14-7-4-5-10-16(14)22-17)20-19(11-6-12-19)15-8-2-1-3-9-15/h1-5,7-10,17H,6,11-13H2,(H,20,21). The van der Waals surface area contributed by atoms with E-state index in [2.05, 4.69) is 47.8 Å². The summed E-state index contributed by atoms with van der Waals surface area (Å²) in [4.78, 5) is 14.0. The number of thioether (sulfide) groups is 1. The molecule has 1 N–H and O–H groups in total. The predicted octanol–water partition coefficient (Wildman–Crippen LogP) is 3.90. The molecule has 1 fully saturated rings. The molecule has 1 unspecified atom stereocenters. The highest BCUT2D eigenvalue weighted by Crippen LogP contribution is 2.43. The van der Waals surface area contributed by atoms with Crippen LogP contribution in [0.2, 0.25) is 0 Å². The van der Waals surface area contributed by atoms with Gasteiger partial charge in [0.1, 0.15) is 0 Å².